The number of halogens is 1. The summed E-state index contributed by atoms with van der Waals surface area (Å²) in [4.78, 5) is 2.20. The van der Waals surface area contributed by atoms with Crippen molar-refractivity contribution in [2.75, 3.05) is 11.9 Å². The Labute approximate surface area is 129 Å². The summed E-state index contributed by atoms with van der Waals surface area (Å²) in [5.41, 5.74) is 4.60. The largest absolute Gasteiger partial charge is 0.389 e. The highest BCUT2D eigenvalue weighted by Crippen LogP contribution is 2.29. The minimum absolute atomic E-state index is 0.442. The Morgan fingerprint density at radius 1 is 1.15 bits per heavy atom. The molecular weight excluding hydrogens is 314 g/mol. The maximum absolute atomic E-state index is 9.60. The molecule has 1 N–H and O–H groups in total. The molecule has 2 nitrogen and oxygen atoms in total. The number of hydrogen-bond donors (Lipinski definition) is 1. The van der Waals surface area contributed by atoms with Crippen LogP contribution in [-0.2, 0) is 6.54 Å². The van der Waals surface area contributed by atoms with Gasteiger partial charge < -0.3 is 10.0 Å². The average molecular weight is 334 g/mol. The van der Waals surface area contributed by atoms with Gasteiger partial charge in [-0.25, -0.2) is 0 Å². The van der Waals surface area contributed by atoms with E-state index in [1.165, 1.54) is 11.1 Å². The molecule has 0 fully saturated rings. The number of benzene rings is 2. The van der Waals surface area contributed by atoms with Crippen molar-refractivity contribution in [3.63, 3.8) is 0 Å². The average Bonchev–Trinajstić information content (AvgIpc) is 2.41. The molecule has 0 saturated heterocycles. The SMILES string of the molecule is Cc1ccc(CN(C)c2ccc([C@@H](C)O)cc2Br)cc1. The first-order chi connectivity index (χ1) is 9.47. The molecule has 106 valence electrons. The molecule has 3 heteroatoms. The lowest BCUT2D eigenvalue weighted by Crippen LogP contribution is -2.17. The highest BCUT2D eigenvalue weighted by molar-refractivity contribution is 9.10. The van der Waals surface area contributed by atoms with E-state index in [9.17, 15) is 5.11 Å². The van der Waals surface area contributed by atoms with E-state index in [4.69, 9.17) is 0 Å². The molecule has 0 aliphatic rings. The molecule has 0 aliphatic carbocycles. The highest BCUT2D eigenvalue weighted by atomic mass is 79.9. The number of aliphatic hydroxyl groups is 1. The third-order valence-electron chi connectivity index (χ3n) is 3.41. The standard InChI is InChI=1S/C17H20BrNO/c1-12-4-6-14(7-5-12)11-19(3)17-9-8-15(13(2)20)10-16(17)18/h4-10,13,20H,11H2,1-3H3/t13-/m1/s1. The normalized spacial score (nSPS) is 12.2. The molecule has 0 unspecified atom stereocenters. The third-order valence-corrected chi connectivity index (χ3v) is 4.04. The van der Waals surface area contributed by atoms with Crippen molar-refractivity contribution in [1.29, 1.82) is 0 Å². The van der Waals surface area contributed by atoms with E-state index >= 15 is 0 Å². The Morgan fingerprint density at radius 3 is 2.35 bits per heavy atom. The smallest absolute Gasteiger partial charge is 0.0762 e. The summed E-state index contributed by atoms with van der Waals surface area (Å²) in [7, 11) is 2.07. The molecule has 20 heavy (non-hydrogen) atoms. The van der Waals surface area contributed by atoms with Crippen LogP contribution >= 0.6 is 15.9 Å². The lowest BCUT2D eigenvalue weighted by Gasteiger charge is -2.22. The second-order valence-corrected chi connectivity index (χ2v) is 6.08. The van der Waals surface area contributed by atoms with Gasteiger partial charge >= 0.3 is 0 Å². The first-order valence-corrected chi connectivity index (χ1v) is 7.51. The van der Waals surface area contributed by atoms with E-state index in [2.05, 4.69) is 59.1 Å². The quantitative estimate of drug-likeness (QED) is 0.893. The van der Waals surface area contributed by atoms with Gasteiger partial charge in [-0.15, -0.1) is 0 Å². The summed E-state index contributed by atoms with van der Waals surface area (Å²) >= 11 is 3.59. The summed E-state index contributed by atoms with van der Waals surface area (Å²) in [6.45, 7) is 4.73. The number of nitrogens with zero attached hydrogens (tertiary/aromatic N) is 1. The van der Waals surface area contributed by atoms with Crippen molar-refractivity contribution >= 4 is 21.6 Å². The van der Waals surface area contributed by atoms with E-state index in [1.807, 2.05) is 18.2 Å². The monoisotopic (exact) mass is 333 g/mol. The van der Waals surface area contributed by atoms with Gasteiger partial charge in [0, 0.05) is 18.1 Å². The first kappa shape index (κ1) is 15.1. The van der Waals surface area contributed by atoms with Gasteiger partial charge in [-0.1, -0.05) is 35.9 Å². The summed E-state index contributed by atoms with van der Waals surface area (Å²) < 4.78 is 1.01. The number of aryl methyl sites for hydroxylation is 1. The molecule has 0 amide bonds. The van der Waals surface area contributed by atoms with Crippen LogP contribution < -0.4 is 4.90 Å². The van der Waals surface area contributed by atoms with Gasteiger partial charge in [0.1, 0.15) is 0 Å². The zero-order valence-corrected chi connectivity index (χ0v) is 13.7. The number of rotatable bonds is 4. The fraction of sp³-hybridized carbons (Fsp3) is 0.294. The summed E-state index contributed by atoms with van der Waals surface area (Å²) in [6.07, 6.45) is -0.442. The van der Waals surface area contributed by atoms with E-state index in [0.29, 0.717) is 0 Å². The first-order valence-electron chi connectivity index (χ1n) is 6.71. The molecule has 2 aromatic carbocycles. The summed E-state index contributed by atoms with van der Waals surface area (Å²) in [5.74, 6) is 0. The highest BCUT2D eigenvalue weighted by Gasteiger charge is 2.09. The van der Waals surface area contributed by atoms with Gasteiger partial charge in [-0.05, 0) is 53.0 Å². The number of anilines is 1. The van der Waals surface area contributed by atoms with Crippen molar-refractivity contribution in [2.45, 2.75) is 26.5 Å². The third kappa shape index (κ3) is 3.62. The van der Waals surface area contributed by atoms with Gasteiger partial charge in [0.2, 0.25) is 0 Å². The number of aliphatic hydroxyl groups excluding tert-OH is 1. The van der Waals surface area contributed by atoms with Crippen molar-refractivity contribution < 1.29 is 5.11 Å². The number of hydrogen-bond acceptors (Lipinski definition) is 2. The molecule has 0 aliphatic heterocycles. The predicted molar refractivity (Wildman–Crippen MR) is 88.1 cm³/mol. The summed E-state index contributed by atoms with van der Waals surface area (Å²) in [6, 6.07) is 14.6. The van der Waals surface area contributed by atoms with E-state index in [1.54, 1.807) is 6.92 Å². The fourth-order valence-corrected chi connectivity index (χ4v) is 2.84. The Kier molecular flexibility index (Phi) is 4.84. The van der Waals surface area contributed by atoms with Crippen LogP contribution in [0.3, 0.4) is 0 Å². The molecule has 2 aromatic rings. The van der Waals surface area contributed by atoms with Gasteiger partial charge in [0.15, 0.2) is 0 Å². The summed E-state index contributed by atoms with van der Waals surface area (Å²) in [5, 5.41) is 9.60. The van der Waals surface area contributed by atoms with Crippen molar-refractivity contribution in [3.05, 3.63) is 63.6 Å². The van der Waals surface area contributed by atoms with Gasteiger partial charge in [-0.3, -0.25) is 0 Å². The van der Waals surface area contributed by atoms with E-state index < -0.39 is 6.10 Å². The Bertz CT molecular complexity index is 578. The lowest BCUT2D eigenvalue weighted by molar-refractivity contribution is 0.199. The Morgan fingerprint density at radius 2 is 1.80 bits per heavy atom. The van der Waals surface area contributed by atoms with Crippen molar-refractivity contribution in [2.24, 2.45) is 0 Å². The molecule has 0 aromatic heterocycles. The van der Waals surface area contributed by atoms with Crippen LogP contribution in [0.2, 0.25) is 0 Å². The van der Waals surface area contributed by atoms with E-state index in [-0.39, 0.29) is 0 Å². The van der Waals surface area contributed by atoms with Crippen LogP contribution in [-0.4, -0.2) is 12.2 Å². The molecule has 0 saturated carbocycles. The van der Waals surface area contributed by atoms with Crippen molar-refractivity contribution in [1.82, 2.24) is 0 Å². The second-order valence-electron chi connectivity index (χ2n) is 5.23. The van der Waals surface area contributed by atoms with E-state index in [0.717, 1.165) is 22.3 Å². The molecule has 0 radical (unpaired) electrons. The minimum Gasteiger partial charge on any atom is -0.389 e. The minimum atomic E-state index is -0.442. The molecule has 0 bridgehead atoms. The molecule has 1 atom stereocenters. The topological polar surface area (TPSA) is 23.5 Å². The lowest BCUT2D eigenvalue weighted by atomic mass is 10.1. The molecule has 0 heterocycles. The maximum atomic E-state index is 9.60. The zero-order chi connectivity index (χ0) is 14.7. The van der Waals surface area contributed by atoms with Crippen molar-refractivity contribution in [3.8, 4) is 0 Å². The predicted octanol–water partition coefficient (Wildman–Crippen LogP) is 4.45. The maximum Gasteiger partial charge on any atom is 0.0762 e. The van der Waals surface area contributed by atoms with Crippen LogP contribution in [0.25, 0.3) is 0 Å². The Balaban J connectivity index is 2.16. The Hall–Kier alpha value is -1.32. The molecule has 0 spiro atoms. The van der Waals surface area contributed by atoms with Crippen LogP contribution in [0.4, 0.5) is 5.69 Å². The van der Waals surface area contributed by atoms with Crippen LogP contribution in [0, 0.1) is 6.92 Å². The van der Waals surface area contributed by atoms with Crippen LogP contribution in [0.5, 0.6) is 0 Å². The van der Waals surface area contributed by atoms with Gasteiger partial charge in [0.05, 0.1) is 11.8 Å². The fourth-order valence-electron chi connectivity index (χ4n) is 2.15. The molecule has 2 rings (SSSR count). The zero-order valence-electron chi connectivity index (χ0n) is 12.1. The van der Waals surface area contributed by atoms with Crippen LogP contribution in [0.15, 0.2) is 46.9 Å². The molecular formula is C17H20BrNO. The van der Waals surface area contributed by atoms with Gasteiger partial charge in [0.25, 0.3) is 0 Å². The van der Waals surface area contributed by atoms with Gasteiger partial charge in [-0.2, -0.15) is 0 Å². The van der Waals surface area contributed by atoms with Crippen LogP contribution in [0.1, 0.15) is 29.7 Å². The second kappa shape index (κ2) is 6.42.